The van der Waals surface area contributed by atoms with Crippen molar-refractivity contribution in [2.75, 3.05) is 31.3 Å². The highest BCUT2D eigenvalue weighted by Crippen LogP contribution is 2.25. The maximum Gasteiger partial charge on any atom is 0.119 e. The van der Waals surface area contributed by atoms with E-state index in [0.717, 1.165) is 63.9 Å². The molecule has 0 amide bonds. The summed E-state index contributed by atoms with van der Waals surface area (Å²) in [5.74, 6) is 2.56. The molecule has 0 spiro atoms. The number of piperidine rings is 1. The summed E-state index contributed by atoms with van der Waals surface area (Å²) in [7, 11) is 0. The summed E-state index contributed by atoms with van der Waals surface area (Å²) >= 11 is 0. The molecule has 1 heterocycles. The van der Waals surface area contributed by atoms with Crippen LogP contribution in [-0.4, -0.2) is 36.9 Å². The number of anilines is 1. The summed E-state index contributed by atoms with van der Waals surface area (Å²) in [4.78, 5) is 2.50. The Morgan fingerprint density at radius 2 is 1.10 bits per heavy atom. The lowest BCUT2D eigenvalue weighted by molar-refractivity contribution is 0.183. The molecule has 0 atom stereocenters. The summed E-state index contributed by atoms with van der Waals surface area (Å²) in [6.07, 6.45) is 4.72. The number of benzene rings is 5. The largest absolute Gasteiger partial charge is 0.492 e. The van der Waals surface area contributed by atoms with Crippen LogP contribution in [0.4, 0.5) is 5.69 Å². The highest BCUT2D eigenvalue weighted by molar-refractivity contribution is 6.01. The first-order valence-corrected chi connectivity index (χ1v) is 18.5. The fourth-order valence-corrected chi connectivity index (χ4v) is 5.94. The van der Waals surface area contributed by atoms with Crippen LogP contribution >= 0.6 is 0 Å². The Bertz CT molecular complexity index is 1700. The van der Waals surface area contributed by atoms with E-state index in [9.17, 15) is 0 Å². The van der Waals surface area contributed by atoms with Crippen molar-refractivity contribution in [3.05, 3.63) is 156 Å². The van der Waals surface area contributed by atoms with Gasteiger partial charge in [0.1, 0.15) is 37.1 Å². The summed E-state index contributed by atoms with van der Waals surface area (Å²) in [5.41, 5.74) is 6.49. The van der Waals surface area contributed by atoms with E-state index in [1.54, 1.807) is 0 Å². The highest BCUT2D eigenvalue weighted by Gasteiger charge is 2.13. The van der Waals surface area contributed by atoms with Crippen molar-refractivity contribution in [3.63, 3.8) is 0 Å². The SMILES string of the molecule is CC.CCC(=NN(Cc1ccc(OCCN2CCCCC2)cc1)c1ccc(OCc2ccccc2)cc1)c1ccc(OCc2ccccc2)cc1. The van der Waals surface area contributed by atoms with Gasteiger partial charge in [-0.2, -0.15) is 5.10 Å². The van der Waals surface area contributed by atoms with Gasteiger partial charge in [0.15, 0.2) is 0 Å². The number of likely N-dealkylation sites (tertiary alicyclic amines) is 1. The van der Waals surface area contributed by atoms with Gasteiger partial charge < -0.3 is 14.2 Å². The molecule has 1 aliphatic rings. The third kappa shape index (κ3) is 12.0. The standard InChI is InChI=1S/C43H47N3O3.C2H6/c1-2-43(38-18-24-41(25-19-38)48-33-36-12-6-3-7-13-36)44-46(39-20-26-42(27-21-39)49-34-37-14-8-4-9-15-37)32-35-16-22-40(23-17-35)47-31-30-45-28-10-5-11-29-45;1-2/h3-4,6-9,12-27H,2,5,10-11,28-34H2,1H3;1-2H3. The molecule has 5 aromatic rings. The molecule has 6 nitrogen and oxygen atoms in total. The van der Waals surface area contributed by atoms with Gasteiger partial charge in [0, 0.05) is 6.54 Å². The van der Waals surface area contributed by atoms with Crippen molar-refractivity contribution in [1.29, 1.82) is 0 Å². The van der Waals surface area contributed by atoms with E-state index in [0.29, 0.717) is 26.4 Å². The van der Waals surface area contributed by atoms with Crippen molar-refractivity contribution in [2.24, 2.45) is 5.10 Å². The lowest BCUT2D eigenvalue weighted by Crippen LogP contribution is -2.33. The van der Waals surface area contributed by atoms with Crippen LogP contribution in [0.25, 0.3) is 0 Å². The predicted molar refractivity (Wildman–Crippen MR) is 211 cm³/mol. The number of hydrogen-bond acceptors (Lipinski definition) is 6. The Labute approximate surface area is 305 Å². The van der Waals surface area contributed by atoms with Gasteiger partial charge in [-0.3, -0.25) is 9.91 Å². The topological polar surface area (TPSA) is 46.5 Å². The molecule has 0 bridgehead atoms. The smallest absolute Gasteiger partial charge is 0.119 e. The second-order valence-corrected chi connectivity index (χ2v) is 12.4. The summed E-state index contributed by atoms with van der Waals surface area (Å²) in [5, 5.41) is 7.31. The molecule has 6 rings (SSSR count). The zero-order chi connectivity index (χ0) is 35.5. The monoisotopic (exact) mass is 683 g/mol. The van der Waals surface area contributed by atoms with Crippen LogP contribution in [0.5, 0.6) is 17.2 Å². The molecule has 6 heteroatoms. The van der Waals surface area contributed by atoms with Gasteiger partial charge >= 0.3 is 0 Å². The van der Waals surface area contributed by atoms with Crippen LogP contribution in [0.15, 0.2) is 139 Å². The van der Waals surface area contributed by atoms with Gasteiger partial charge in [0.05, 0.1) is 17.9 Å². The maximum atomic E-state index is 6.11. The molecule has 0 N–H and O–H groups in total. The maximum absolute atomic E-state index is 6.11. The van der Waals surface area contributed by atoms with E-state index < -0.39 is 0 Å². The Balaban J connectivity index is 0.00000248. The van der Waals surface area contributed by atoms with Gasteiger partial charge in [0.25, 0.3) is 0 Å². The second kappa shape index (κ2) is 20.6. The lowest BCUT2D eigenvalue weighted by atomic mass is 10.1. The molecule has 0 aromatic heterocycles. The fraction of sp³-hybridized carbons (Fsp3) is 0.311. The molecule has 51 heavy (non-hydrogen) atoms. The van der Waals surface area contributed by atoms with Crippen LogP contribution in [0.1, 0.15) is 68.7 Å². The van der Waals surface area contributed by atoms with Gasteiger partial charge in [0.2, 0.25) is 0 Å². The summed E-state index contributed by atoms with van der Waals surface area (Å²) < 4.78 is 18.2. The number of hydrogen-bond donors (Lipinski definition) is 0. The van der Waals surface area contributed by atoms with Gasteiger partial charge in [-0.25, -0.2) is 0 Å². The summed E-state index contributed by atoms with van der Waals surface area (Å²) in [6.45, 7) is 11.9. The average Bonchev–Trinajstić information content (AvgIpc) is 3.21. The first-order chi connectivity index (χ1) is 25.2. The minimum absolute atomic E-state index is 0.527. The molecule has 1 fully saturated rings. The highest BCUT2D eigenvalue weighted by atomic mass is 16.5. The van der Waals surface area contributed by atoms with E-state index in [1.165, 1.54) is 32.4 Å². The molecule has 5 aromatic carbocycles. The Kier molecular flexibility index (Phi) is 15.0. The zero-order valence-electron chi connectivity index (χ0n) is 30.5. The van der Waals surface area contributed by atoms with E-state index in [1.807, 2.05) is 74.5 Å². The van der Waals surface area contributed by atoms with E-state index in [4.69, 9.17) is 19.3 Å². The average molecular weight is 684 g/mol. The van der Waals surface area contributed by atoms with Gasteiger partial charge in [-0.1, -0.05) is 100.0 Å². The van der Waals surface area contributed by atoms with Gasteiger partial charge in [-0.15, -0.1) is 0 Å². The number of hydrazone groups is 1. The van der Waals surface area contributed by atoms with E-state index >= 15 is 0 Å². The van der Waals surface area contributed by atoms with Crippen LogP contribution in [0, 0.1) is 0 Å². The van der Waals surface area contributed by atoms with Crippen LogP contribution in [-0.2, 0) is 19.8 Å². The first-order valence-electron chi connectivity index (χ1n) is 18.5. The van der Waals surface area contributed by atoms with Crippen LogP contribution in [0.3, 0.4) is 0 Å². The minimum Gasteiger partial charge on any atom is -0.492 e. The van der Waals surface area contributed by atoms with Crippen molar-refractivity contribution >= 4 is 11.4 Å². The Hall–Kier alpha value is -5.07. The van der Waals surface area contributed by atoms with Crippen molar-refractivity contribution < 1.29 is 14.2 Å². The minimum atomic E-state index is 0.527. The third-order valence-electron chi connectivity index (χ3n) is 8.78. The molecule has 0 saturated carbocycles. The van der Waals surface area contributed by atoms with Gasteiger partial charge in [-0.05, 0) is 115 Å². The second-order valence-electron chi connectivity index (χ2n) is 12.4. The molecular weight excluding hydrogens is 631 g/mol. The number of rotatable bonds is 16. The lowest BCUT2D eigenvalue weighted by Gasteiger charge is -2.26. The number of ether oxygens (including phenoxy) is 3. The molecular formula is C45H53N3O3. The van der Waals surface area contributed by atoms with Crippen molar-refractivity contribution in [1.82, 2.24) is 4.90 Å². The Morgan fingerprint density at radius 1 is 0.588 bits per heavy atom. The predicted octanol–water partition coefficient (Wildman–Crippen LogP) is 10.6. The van der Waals surface area contributed by atoms with Crippen LogP contribution in [0.2, 0.25) is 0 Å². The Morgan fingerprint density at radius 3 is 1.65 bits per heavy atom. The summed E-state index contributed by atoms with van der Waals surface area (Å²) in [6, 6.07) is 45.3. The normalized spacial score (nSPS) is 13.1. The van der Waals surface area contributed by atoms with Crippen LogP contribution < -0.4 is 19.2 Å². The number of nitrogens with zero attached hydrogens (tertiary/aromatic N) is 3. The third-order valence-corrected chi connectivity index (χ3v) is 8.78. The van der Waals surface area contributed by atoms with E-state index in [2.05, 4.69) is 89.6 Å². The molecule has 1 aliphatic heterocycles. The van der Waals surface area contributed by atoms with E-state index in [-0.39, 0.29) is 0 Å². The molecule has 0 unspecified atom stereocenters. The zero-order valence-corrected chi connectivity index (χ0v) is 30.5. The quantitative estimate of drug-likeness (QED) is 0.0765. The first kappa shape index (κ1) is 37.2. The molecule has 1 saturated heterocycles. The van der Waals surface area contributed by atoms with Crippen molar-refractivity contribution in [3.8, 4) is 17.2 Å². The fourth-order valence-electron chi connectivity index (χ4n) is 5.94. The van der Waals surface area contributed by atoms with Crippen molar-refractivity contribution in [2.45, 2.75) is 66.2 Å². The molecule has 0 aliphatic carbocycles. The molecule has 0 radical (unpaired) electrons. The molecule has 266 valence electrons.